The third-order valence-electron chi connectivity index (χ3n) is 2.01. The molecule has 0 rings (SSSR count). The highest BCUT2D eigenvalue weighted by Crippen LogP contribution is 2.07. The topological polar surface area (TPSA) is 26.0 Å². The minimum atomic E-state index is -0.729. The van der Waals surface area contributed by atoms with Crippen LogP contribution in [0.2, 0.25) is 12.6 Å². The summed E-state index contributed by atoms with van der Waals surface area (Å²) in [5, 5.41) is 5.77. The molecule has 0 radical (unpaired) electrons. The zero-order valence-corrected chi connectivity index (χ0v) is 9.26. The van der Waals surface area contributed by atoms with Crippen molar-refractivity contribution < 1.29 is 0 Å². The molecule has 0 saturated carbocycles. The minimum absolute atomic E-state index is 0.729. The van der Waals surface area contributed by atoms with E-state index in [0.717, 1.165) is 0 Å². The van der Waals surface area contributed by atoms with Gasteiger partial charge in [0.2, 0.25) is 0 Å². The van der Waals surface area contributed by atoms with Crippen LogP contribution in [0, 0.1) is 0 Å². The Kier molecular flexibility index (Phi) is 8.41. The largest absolute Gasteiger partial charge is 0.353 e. The lowest BCUT2D eigenvalue weighted by atomic mass is 10.1. The van der Waals surface area contributed by atoms with Gasteiger partial charge in [-0.3, -0.25) is 0 Å². The van der Waals surface area contributed by atoms with E-state index in [-0.39, 0.29) is 0 Å². The second-order valence-corrected chi connectivity index (χ2v) is 6.07. The molecular weight excluding hydrogens is 150 g/mol. The van der Waals surface area contributed by atoms with E-state index in [1.54, 1.807) is 0 Å². The predicted molar refractivity (Wildman–Crippen MR) is 55.4 cm³/mol. The molecule has 0 spiro atoms. The summed E-state index contributed by atoms with van der Waals surface area (Å²) >= 11 is 0. The van der Waals surface area contributed by atoms with E-state index in [4.69, 9.17) is 5.40 Å². The molecule has 11 heavy (non-hydrogen) atoms. The highest BCUT2D eigenvalue weighted by molar-refractivity contribution is 6.53. The first-order valence-electron chi connectivity index (χ1n) is 5.03. The maximum Gasteiger partial charge on any atom is 0.103 e. The molecule has 1 nitrogen and oxygen atoms in total. The van der Waals surface area contributed by atoms with Crippen LogP contribution in [-0.2, 0) is 0 Å². The Bertz CT molecular complexity index is 74.0. The average Bonchev–Trinajstić information content (AvgIpc) is 1.96. The molecule has 1 unspecified atom stereocenters. The van der Waals surface area contributed by atoms with Crippen LogP contribution in [-0.4, -0.2) is 8.96 Å². The maximum absolute atomic E-state index is 5.77. The summed E-state index contributed by atoms with van der Waals surface area (Å²) < 4.78 is 0. The summed E-state index contributed by atoms with van der Waals surface area (Å²) in [7, 11) is -0.729. The van der Waals surface area contributed by atoms with Crippen molar-refractivity contribution in [3.05, 3.63) is 0 Å². The molecule has 0 aromatic carbocycles. The number of hydrogen-bond donors (Lipinski definition) is 1. The van der Waals surface area contributed by atoms with Gasteiger partial charge >= 0.3 is 0 Å². The standard InChI is InChI=1S/C9H23NSi/c1-3-4-5-6-7-8-9-11(2)10/h11H,3-10H2,1-2H3. The lowest BCUT2D eigenvalue weighted by Crippen LogP contribution is -2.19. The molecule has 0 aliphatic rings. The molecular formula is C9H23NSi. The van der Waals surface area contributed by atoms with E-state index < -0.39 is 8.96 Å². The molecule has 0 aromatic rings. The van der Waals surface area contributed by atoms with E-state index in [2.05, 4.69) is 13.5 Å². The molecule has 68 valence electrons. The van der Waals surface area contributed by atoms with Crippen LogP contribution in [0.15, 0.2) is 0 Å². The van der Waals surface area contributed by atoms with Crippen molar-refractivity contribution in [2.24, 2.45) is 5.40 Å². The first-order valence-corrected chi connectivity index (χ1v) is 7.66. The van der Waals surface area contributed by atoms with Crippen LogP contribution < -0.4 is 5.40 Å². The van der Waals surface area contributed by atoms with Gasteiger partial charge < -0.3 is 5.40 Å². The summed E-state index contributed by atoms with van der Waals surface area (Å²) in [6, 6.07) is 1.34. The van der Waals surface area contributed by atoms with E-state index in [1.807, 2.05) is 0 Å². The Balaban J connectivity index is 2.80. The van der Waals surface area contributed by atoms with Crippen molar-refractivity contribution in [1.82, 2.24) is 0 Å². The molecule has 1 atom stereocenters. The average molecular weight is 173 g/mol. The highest BCUT2D eigenvalue weighted by Gasteiger charge is 1.95. The van der Waals surface area contributed by atoms with Gasteiger partial charge in [0.25, 0.3) is 0 Å². The first-order chi connectivity index (χ1) is 5.27. The Morgan fingerprint density at radius 1 is 1.00 bits per heavy atom. The molecule has 0 aliphatic heterocycles. The zero-order valence-electron chi connectivity index (χ0n) is 8.10. The van der Waals surface area contributed by atoms with Gasteiger partial charge in [-0.1, -0.05) is 52.0 Å². The van der Waals surface area contributed by atoms with Crippen LogP contribution in [0.1, 0.15) is 45.4 Å². The molecule has 0 aromatic heterocycles. The number of unbranched alkanes of at least 4 members (excludes halogenated alkanes) is 5. The van der Waals surface area contributed by atoms with Gasteiger partial charge in [0.1, 0.15) is 8.96 Å². The van der Waals surface area contributed by atoms with Crippen molar-refractivity contribution >= 4 is 8.96 Å². The van der Waals surface area contributed by atoms with E-state index >= 15 is 0 Å². The van der Waals surface area contributed by atoms with Gasteiger partial charge in [-0.15, -0.1) is 0 Å². The first kappa shape index (κ1) is 11.2. The Hall–Kier alpha value is 0.177. The van der Waals surface area contributed by atoms with Crippen molar-refractivity contribution in [3.8, 4) is 0 Å². The molecule has 0 fully saturated rings. The smallest absolute Gasteiger partial charge is 0.103 e. The zero-order chi connectivity index (χ0) is 8.53. The molecule has 0 aliphatic carbocycles. The van der Waals surface area contributed by atoms with Crippen molar-refractivity contribution in [2.45, 2.75) is 58.0 Å². The van der Waals surface area contributed by atoms with Gasteiger partial charge in [-0.05, 0) is 6.04 Å². The minimum Gasteiger partial charge on any atom is -0.353 e. The highest BCUT2D eigenvalue weighted by atomic mass is 28.3. The molecule has 0 bridgehead atoms. The van der Waals surface area contributed by atoms with Gasteiger partial charge in [0, 0.05) is 0 Å². The molecule has 0 amide bonds. The lowest BCUT2D eigenvalue weighted by Gasteiger charge is -2.02. The van der Waals surface area contributed by atoms with Crippen molar-refractivity contribution in [2.75, 3.05) is 0 Å². The summed E-state index contributed by atoms with van der Waals surface area (Å²) in [5.74, 6) is 0. The second kappa shape index (κ2) is 8.28. The molecule has 0 saturated heterocycles. The summed E-state index contributed by atoms with van der Waals surface area (Å²) in [5.41, 5.74) is 0. The van der Waals surface area contributed by atoms with E-state index in [1.165, 1.54) is 44.6 Å². The van der Waals surface area contributed by atoms with Crippen LogP contribution in [0.5, 0.6) is 0 Å². The Morgan fingerprint density at radius 2 is 1.55 bits per heavy atom. The monoisotopic (exact) mass is 173 g/mol. The van der Waals surface area contributed by atoms with Crippen LogP contribution in [0.25, 0.3) is 0 Å². The fourth-order valence-corrected chi connectivity index (χ4v) is 2.18. The van der Waals surface area contributed by atoms with E-state index in [0.29, 0.717) is 0 Å². The third kappa shape index (κ3) is 10.2. The van der Waals surface area contributed by atoms with Crippen LogP contribution >= 0.6 is 0 Å². The van der Waals surface area contributed by atoms with Crippen molar-refractivity contribution in [1.29, 1.82) is 0 Å². The summed E-state index contributed by atoms with van der Waals surface area (Å²) in [6.07, 6.45) is 8.41. The number of nitrogens with two attached hydrogens (primary N) is 1. The normalized spacial score (nSPS) is 13.4. The van der Waals surface area contributed by atoms with E-state index in [9.17, 15) is 0 Å². The third-order valence-corrected chi connectivity index (χ3v) is 3.33. The molecule has 2 heteroatoms. The molecule has 0 heterocycles. The summed E-state index contributed by atoms with van der Waals surface area (Å²) in [6.45, 7) is 4.49. The fourth-order valence-electron chi connectivity index (χ4n) is 1.25. The molecule has 2 N–H and O–H groups in total. The SMILES string of the molecule is CCCCCCCC[SiH](C)N. The van der Waals surface area contributed by atoms with Crippen LogP contribution in [0.4, 0.5) is 0 Å². The second-order valence-electron chi connectivity index (χ2n) is 3.53. The van der Waals surface area contributed by atoms with Gasteiger partial charge in [0.15, 0.2) is 0 Å². The fraction of sp³-hybridized carbons (Fsp3) is 1.00. The van der Waals surface area contributed by atoms with Gasteiger partial charge in [0.05, 0.1) is 0 Å². The number of hydrogen-bond acceptors (Lipinski definition) is 1. The predicted octanol–water partition coefficient (Wildman–Crippen LogP) is 2.66. The van der Waals surface area contributed by atoms with Gasteiger partial charge in [-0.25, -0.2) is 0 Å². The van der Waals surface area contributed by atoms with Crippen LogP contribution in [0.3, 0.4) is 0 Å². The Labute approximate surface area is 73.1 Å². The maximum atomic E-state index is 5.77. The quantitative estimate of drug-likeness (QED) is 0.465. The summed E-state index contributed by atoms with van der Waals surface area (Å²) in [4.78, 5) is 0. The Morgan fingerprint density at radius 3 is 2.09 bits per heavy atom. The van der Waals surface area contributed by atoms with Gasteiger partial charge in [-0.2, -0.15) is 0 Å². The number of rotatable bonds is 7. The van der Waals surface area contributed by atoms with Crippen molar-refractivity contribution in [3.63, 3.8) is 0 Å². The lowest BCUT2D eigenvalue weighted by molar-refractivity contribution is 0.623.